The Bertz CT molecular complexity index is 591. The summed E-state index contributed by atoms with van der Waals surface area (Å²) < 4.78 is 5.60. The number of aromatic nitrogens is 1. The van der Waals surface area contributed by atoms with Gasteiger partial charge in [-0.25, -0.2) is 4.98 Å². The third-order valence-corrected chi connectivity index (χ3v) is 4.35. The lowest BCUT2D eigenvalue weighted by molar-refractivity contribution is 0.0889. The van der Waals surface area contributed by atoms with Crippen LogP contribution >= 0.6 is 0 Å². The van der Waals surface area contributed by atoms with Gasteiger partial charge in [-0.15, -0.1) is 0 Å². The van der Waals surface area contributed by atoms with Crippen LogP contribution in [0.1, 0.15) is 26.0 Å². The van der Waals surface area contributed by atoms with Crippen LogP contribution in [0.25, 0.3) is 11.5 Å². The molecule has 1 fully saturated rings. The van der Waals surface area contributed by atoms with Crippen LogP contribution in [0.3, 0.4) is 0 Å². The first kappa shape index (κ1) is 14.3. The summed E-state index contributed by atoms with van der Waals surface area (Å²) in [6, 6.07) is 10.3. The summed E-state index contributed by atoms with van der Waals surface area (Å²) in [5.74, 6) is 0.693. The van der Waals surface area contributed by atoms with E-state index in [2.05, 4.69) is 23.7 Å². The molecule has 1 unspecified atom stereocenters. The lowest BCUT2D eigenvalue weighted by Crippen LogP contribution is -2.52. The fourth-order valence-corrected chi connectivity index (χ4v) is 2.94. The number of piperidine rings is 1. The Labute approximate surface area is 126 Å². The number of benzene rings is 1. The van der Waals surface area contributed by atoms with Crippen LogP contribution < -0.4 is 5.73 Å². The lowest BCUT2D eigenvalue weighted by atomic mass is 9.80. The van der Waals surface area contributed by atoms with E-state index >= 15 is 0 Å². The Hall–Kier alpha value is -1.65. The second kappa shape index (κ2) is 5.62. The zero-order valence-electron chi connectivity index (χ0n) is 12.7. The van der Waals surface area contributed by atoms with E-state index in [9.17, 15) is 0 Å². The quantitative estimate of drug-likeness (QED) is 0.942. The summed E-state index contributed by atoms with van der Waals surface area (Å²) in [6.45, 7) is 7.33. The monoisotopic (exact) mass is 285 g/mol. The fraction of sp³-hybridized carbons (Fsp3) is 0.471. The zero-order valence-corrected chi connectivity index (χ0v) is 12.7. The van der Waals surface area contributed by atoms with E-state index in [1.54, 1.807) is 6.26 Å². The first-order valence-corrected chi connectivity index (χ1v) is 7.52. The number of likely N-dealkylation sites (tertiary alicyclic amines) is 1. The largest absolute Gasteiger partial charge is 0.444 e. The van der Waals surface area contributed by atoms with Crippen LogP contribution in [-0.4, -0.2) is 29.0 Å². The maximum absolute atomic E-state index is 6.19. The van der Waals surface area contributed by atoms with Gasteiger partial charge in [0.05, 0.1) is 5.69 Å². The molecule has 2 aromatic rings. The number of oxazole rings is 1. The summed E-state index contributed by atoms with van der Waals surface area (Å²) in [4.78, 5) is 7.01. The van der Waals surface area contributed by atoms with Gasteiger partial charge in [0.1, 0.15) is 6.26 Å². The number of hydrogen-bond acceptors (Lipinski definition) is 4. The molecule has 1 atom stereocenters. The summed E-state index contributed by atoms with van der Waals surface area (Å²) in [6.07, 6.45) is 2.81. The van der Waals surface area contributed by atoms with Gasteiger partial charge in [0, 0.05) is 31.2 Å². The Balaban J connectivity index is 1.68. The minimum Gasteiger partial charge on any atom is -0.444 e. The average Bonchev–Trinajstić information content (AvgIpc) is 2.92. The van der Waals surface area contributed by atoms with Crippen LogP contribution in [0.4, 0.5) is 0 Å². The molecule has 4 heteroatoms. The van der Waals surface area contributed by atoms with Crippen molar-refractivity contribution in [2.45, 2.75) is 32.9 Å². The molecule has 0 saturated carbocycles. The highest BCUT2D eigenvalue weighted by Crippen LogP contribution is 2.28. The predicted molar refractivity (Wildman–Crippen MR) is 83.6 cm³/mol. The van der Waals surface area contributed by atoms with Crippen LogP contribution in [0.15, 0.2) is 41.0 Å². The molecule has 1 aliphatic heterocycles. The molecule has 2 heterocycles. The van der Waals surface area contributed by atoms with Gasteiger partial charge in [0.2, 0.25) is 5.89 Å². The normalized spacial score (nSPS) is 22.3. The Morgan fingerprint density at radius 2 is 2.10 bits per heavy atom. The topological polar surface area (TPSA) is 55.3 Å². The standard InChI is InChI=1S/C17H23N3O/c1-17(2)12-20(9-8-15(17)18)10-14-11-21-16(19-14)13-6-4-3-5-7-13/h3-7,11,15H,8-10,12,18H2,1-2H3. The van der Waals surface area contributed by atoms with Gasteiger partial charge in [-0.05, 0) is 24.0 Å². The highest BCUT2D eigenvalue weighted by Gasteiger charge is 2.33. The van der Waals surface area contributed by atoms with Crippen molar-refractivity contribution >= 4 is 0 Å². The maximum atomic E-state index is 6.19. The highest BCUT2D eigenvalue weighted by atomic mass is 16.3. The molecule has 4 nitrogen and oxygen atoms in total. The van der Waals surface area contributed by atoms with Crippen LogP contribution in [0, 0.1) is 5.41 Å². The minimum absolute atomic E-state index is 0.157. The molecule has 1 saturated heterocycles. The van der Waals surface area contributed by atoms with Gasteiger partial charge >= 0.3 is 0 Å². The molecule has 0 radical (unpaired) electrons. The van der Waals surface area contributed by atoms with Crippen molar-refractivity contribution in [2.75, 3.05) is 13.1 Å². The van der Waals surface area contributed by atoms with Crippen molar-refractivity contribution in [3.8, 4) is 11.5 Å². The first-order chi connectivity index (χ1) is 10.0. The maximum Gasteiger partial charge on any atom is 0.226 e. The summed E-state index contributed by atoms with van der Waals surface area (Å²) in [7, 11) is 0. The molecule has 112 valence electrons. The first-order valence-electron chi connectivity index (χ1n) is 7.52. The SMILES string of the molecule is CC1(C)CN(Cc2coc(-c3ccccc3)n2)CCC1N. The van der Waals surface area contributed by atoms with Crippen molar-refractivity contribution < 1.29 is 4.42 Å². The van der Waals surface area contributed by atoms with Crippen molar-refractivity contribution in [1.29, 1.82) is 0 Å². The Morgan fingerprint density at radius 3 is 2.81 bits per heavy atom. The Morgan fingerprint density at radius 1 is 1.33 bits per heavy atom. The molecule has 0 spiro atoms. The molecule has 1 aliphatic rings. The predicted octanol–water partition coefficient (Wildman–Crippen LogP) is 2.90. The number of nitrogens with two attached hydrogens (primary N) is 1. The summed E-state index contributed by atoms with van der Waals surface area (Å²) >= 11 is 0. The van der Waals surface area contributed by atoms with E-state index in [0.717, 1.165) is 37.3 Å². The van der Waals surface area contributed by atoms with Gasteiger partial charge < -0.3 is 10.2 Å². The number of nitrogens with zero attached hydrogens (tertiary/aromatic N) is 2. The third-order valence-electron chi connectivity index (χ3n) is 4.35. The second-order valence-corrected chi connectivity index (χ2v) is 6.60. The molecule has 0 bridgehead atoms. The smallest absolute Gasteiger partial charge is 0.226 e. The molecular weight excluding hydrogens is 262 g/mol. The van der Waals surface area contributed by atoms with Gasteiger partial charge in [0.15, 0.2) is 0 Å². The summed E-state index contributed by atoms with van der Waals surface area (Å²) in [5.41, 5.74) is 8.35. The molecular formula is C17H23N3O. The minimum atomic E-state index is 0.157. The average molecular weight is 285 g/mol. The highest BCUT2D eigenvalue weighted by molar-refractivity contribution is 5.52. The molecule has 1 aromatic carbocycles. The second-order valence-electron chi connectivity index (χ2n) is 6.60. The van der Waals surface area contributed by atoms with E-state index in [-0.39, 0.29) is 11.5 Å². The molecule has 21 heavy (non-hydrogen) atoms. The molecule has 2 N–H and O–H groups in total. The Kier molecular flexibility index (Phi) is 3.83. The fourth-order valence-electron chi connectivity index (χ4n) is 2.94. The molecule has 0 aliphatic carbocycles. The van der Waals surface area contributed by atoms with E-state index in [0.29, 0.717) is 5.89 Å². The molecule has 0 amide bonds. The van der Waals surface area contributed by atoms with Gasteiger partial charge in [-0.2, -0.15) is 0 Å². The summed E-state index contributed by atoms with van der Waals surface area (Å²) in [5, 5.41) is 0. The third kappa shape index (κ3) is 3.17. The van der Waals surface area contributed by atoms with Crippen molar-refractivity contribution in [1.82, 2.24) is 9.88 Å². The van der Waals surface area contributed by atoms with Crippen molar-refractivity contribution in [3.05, 3.63) is 42.3 Å². The van der Waals surface area contributed by atoms with Crippen molar-refractivity contribution in [2.24, 2.45) is 11.1 Å². The van der Waals surface area contributed by atoms with E-state index in [1.165, 1.54) is 0 Å². The van der Waals surface area contributed by atoms with Crippen LogP contribution in [0.5, 0.6) is 0 Å². The zero-order chi connectivity index (χ0) is 14.9. The number of hydrogen-bond donors (Lipinski definition) is 1. The van der Waals surface area contributed by atoms with Crippen LogP contribution in [0.2, 0.25) is 0 Å². The van der Waals surface area contributed by atoms with Crippen LogP contribution in [-0.2, 0) is 6.54 Å². The van der Waals surface area contributed by atoms with E-state index in [4.69, 9.17) is 10.2 Å². The lowest BCUT2D eigenvalue weighted by Gasteiger charge is -2.42. The molecule has 3 rings (SSSR count). The van der Waals surface area contributed by atoms with Gasteiger partial charge in [0.25, 0.3) is 0 Å². The van der Waals surface area contributed by atoms with E-state index in [1.807, 2.05) is 30.3 Å². The van der Waals surface area contributed by atoms with Crippen molar-refractivity contribution in [3.63, 3.8) is 0 Å². The van der Waals surface area contributed by atoms with Gasteiger partial charge in [-0.1, -0.05) is 32.0 Å². The number of rotatable bonds is 3. The van der Waals surface area contributed by atoms with Gasteiger partial charge in [-0.3, -0.25) is 4.90 Å². The molecule has 1 aromatic heterocycles. The van der Waals surface area contributed by atoms with E-state index < -0.39 is 0 Å².